The third-order valence-corrected chi connectivity index (χ3v) is 4.99. The first-order chi connectivity index (χ1) is 11.6. The van der Waals surface area contributed by atoms with Gasteiger partial charge in [0.25, 0.3) is 5.91 Å². The smallest absolute Gasteiger partial charge is 0.259 e. The summed E-state index contributed by atoms with van der Waals surface area (Å²) in [5.74, 6) is 0.526. The Balaban J connectivity index is 1.70. The summed E-state index contributed by atoms with van der Waals surface area (Å²) in [5, 5.41) is 3.04. The number of carbonyl (C=O) groups excluding carboxylic acids is 1. The van der Waals surface area contributed by atoms with Gasteiger partial charge in [0.1, 0.15) is 5.76 Å². The van der Waals surface area contributed by atoms with Crippen LogP contribution in [0.1, 0.15) is 53.8 Å². The fourth-order valence-electron chi connectivity index (χ4n) is 3.51. The lowest BCUT2D eigenvalue weighted by Gasteiger charge is -2.31. The number of anilines is 1. The molecular weight excluding hydrogens is 300 g/mol. The number of amides is 1. The Bertz CT molecular complexity index is 686. The predicted octanol–water partition coefficient (Wildman–Crippen LogP) is 4.60. The molecule has 0 aliphatic heterocycles. The molecule has 1 amide bonds. The average Bonchev–Trinajstić information content (AvgIpc) is 3.03. The molecule has 4 nitrogen and oxygen atoms in total. The molecule has 3 rings (SSSR count). The summed E-state index contributed by atoms with van der Waals surface area (Å²) in [4.78, 5) is 14.9. The van der Waals surface area contributed by atoms with E-state index in [2.05, 4.69) is 23.3 Å². The summed E-state index contributed by atoms with van der Waals surface area (Å²) < 4.78 is 5.23. The zero-order chi connectivity index (χ0) is 16.9. The van der Waals surface area contributed by atoms with Gasteiger partial charge in [-0.15, -0.1) is 0 Å². The Morgan fingerprint density at radius 3 is 2.67 bits per heavy atom. The van der Waals surface area contributed by atoms with E-state index in [1.54, 1.807) is 19.3 Å². The molecule has 128 valence electrons. The minimum atomic E-state index is -0.117. The molecule has 0 spiro atoms. The number of rotatable bonds is 5. The lowest BCUT2D eigenvalue weighted by Crippen LogP contribution is -2.33. The molecule has 1 aliphatic carbocycles. The third-order valence-electron chi connectivity index (χ3n) is 4.99. The maximum atomic E-state index is 12.5. The number of carbonyl (C=O) groups is 1. The van der Waals surface area contributed by atoms with Crippen molar-refractivity contribution >= 4 is 11.6 Å². The second-order valence-electron chi connectivity index (χ2n) is 6.71. The SMILES string of the molecule is Cc1occc1C(=O)Nc1ccccc1CN(C)C1CCCCC1. The first-order valence-electron chi connectivity index (χ1n) is 8.78. The molecular formula is C20H26N2O2. The van der Waals surface area contributed by atoms with Crippen molar-refractivity contribution in [2.75, 3.05) is 12.4 Å². The number of para-hydroxylation sites is 1. The van der Waals surface area contributed by atoms with Gasteiger partial charge in [0, 0.05) is 18.3 Å². The highest BCUT2D eigenvalue weighted by molar-refractivity contribution is 6.05. The molecule has 0 atom stereocenters. The third kappa shape index (κ3) is 3.88. The maximum absolute atomic E-state index is 12.5. The van der Waals surface area contributed by atoms with Crippen molar-refractivity contribution in [3.63, 3.8) is 0 Å². The van der Waals surface area contributed by atoms with Gasteiger partial charge in [-0.3, -0.25) is 9.69 Å². The predicted molar refractivity (Wildman–Crippen MR) is 96.2 cm³/mol. The summed E-state index contributed by atoms with van der Waals surface area (Å²) in [5.41, 5.74) is 2.62. The standard InChI is InChI=1S/C20H26N2O2/c1-15-18(12-13-24-15)20(23)21-19-11-7-6-8-16(19)14-22(2)17-9-4-3-5-10-17/h6-8,11-13,17H,3-5,9-10,14H2,1-2H3,(H,21,23). The van der Waals surface area contributed by atoms with Crippen LogP contribution in [0, 0.1) is 6.92 Å². The van der Waals surface area contributed by atoms with E-state index in [0.717, 1.165) is 17.8 Å². The topological polar surface area (TPSA) is 45.5 Å². The molecule has 2 aromatic rings. The molecule has 1 aromatic carbocycles. The second-order valence-corrected chi connectivity index (χ2v) is 6.71. The molecule has 1 N–H and O–H groups in total. The van der Waals surface area contributed by atoms with Crippen LogP contribution in [-0.4, -0.2) is 23.9 Å². The highest BCUT2D eigenvalue weighted by Gasteiger charge is 2.19. The molecule has 0 radical (unpaired) electrons. The number of benzene rings is 1. The van der Waals surface area contributed by atoms with Gasteiger partial charge in [-0.1, -0.05) is 37.5 Å². The van der Waals surface area contributed by atoms with E-state index in [0.29, 0.717) is 17.4 Å². The first kappa shape index (κ1) is 16.8. The van der Waals surface area contributed by atoms with Crippen molar-refractivity contribution < 1.29 is 9.21 Å². The maximum Gasteiger partial charge on any atom is 0.259 e. The van der Waals surface area contributed by atoms with Gasteiger partial charge in [0.15, 0.2) is 0 Å². The van der Waals surface area contributed by atoms with Crippen LogP contribution in [0.4, 0.5) is 5.69 Å². The lowest BCUT2D eigenvalue weighted by molar-refractivity contribution is 0.102. The molecule has 1 fully saturated rings. The fourth-order valence-corrected chi connectivity index (χ4v) is 3.51. The van der Waals surface area contributed by atoms with Gasteiger partial charge in [-0.05, 0) is 44.5 Å². The molecule has 1 heterocycles. The van der Waals surface area contributed by atoms with Crippen LogP contribution in [-0.2, 0) is 6.54 Å². The molecule has 1 aromatic heterocycles. The van der Waals surface area contributed by atoms with Gasteiger partial charge in [-0.25, -0.2) is 0 Å². The van der Waals surface area contributed by atoms with E-state index in [-0.39, 0.29) is 5.91 Å². The Morgan fingerprint density at radius 2 is 1.96 bits per heavy atom. The minimum absolute atomic E-state index is 0.117. The number of nitrogens with zero attached hydrogens (tertiary/aromatic N) is 1. The zero-order valence-corrected chi connectivity index (χ0v) is 14.5. The number of nitrogens with one attached hydrogen (secondary N) is 1. The average molecular weight is 326 g/mol. The van der Waals surface area contributed by atoms with Crippen LogP contribution in [0.2, 0.25) is 0 Å². The quantitative estimate of drug-likeness (QED) is 0.873. The fraction of sp³-hybridized carbons (Fsp3) is 0.450. The summed E-state index contributed by atoms with van der Waals surface area (Å²) in [7, 11) is 2.19. The highest BCUT2D eigenvalue weighted by Crippen LogP contribution is 2.25. The van der Waals surface area contributed by atoms with E-state index < -0.39 is 0 Å². The molecule has 1 aliphatic rings. The van der Waals surface area contributed by atoms with Crippen molar-refractivity contribution in [2.45, 2.75) is 51.6 Å². The molecule has 4 heteroatoms. The summed E-state index contributed by atoms with van der Waals surface area (Å²) in [6.07, 6.45) is 8.12. The summed E-state index contributed by atoms with van der Waals surface area (Å²) in [6.45, 7) is 2.66. The van der Waals surface area contributed by atoms with Crippen LogP contribution in [0.15, 0.2) is 41.0 Å². The van der Waals surface area contributed by atoms with Crippen molar-refractivity contribution in [3.8, 4) is 0 Å². The van der Waals surface area contributed by atoms with Gasteiger partial charge in [-0.2, -0.15) is 0 Å². The van der Waals surface area contributed by atoms with Gasteiger partial charge in [0.2, 0.25) is 0 Å². The lowest BCUT2D eigenvalue weighted by atomic mass is 9.94. The van der Waals surface area contributed by atoms with E-state index in [1.165, 1.54) is 32.1 Å². The van der Waals surface area contributed by atoms with E-state index >= 15 is 0 Å². The zero-order valence-electron chi connectivity index (χ0n) is 14.5. The van der Waals surface area contributed by atoms with E-state index in [9.17, 15) is 4.79 Å². The monoisotopic (exact) mass is 326 g/mol. The van der Waals surface area contributed by atoms with Crippen LogP contribution < -0.4 is 5.32 Å². The van der Waals surface area contributed by atoms with Crippen molar-refractivity contribution in [1.82, 2.24) is 4.90 Å². The van der Waals surface area contributed by atoms with Gasteiger partial charge in [0.05, 0.1) is 11.8 Å². The van der Waals surface area contributed by atoms with E-state index in [1.807, 2.05) is 18.2 Å². The van der Waals surface area contributed by atoms with Gasteiger partial charge >= 0.3 is 0 Å². The van der Waals surface area contributed by atoms with Crippen LogP contribution in [0.25, 0.3) is 0 Å². The number of aryl methyl sites for hydroxylation is 1. The summed E-state index contributed by atoms with van der Waals surface area (Å²) in [6, 6.07) is 10.4. The number of furan rings is 1. The number of hydrogen-bond acceptors (Lipinski definition) is 3. The largest absolute Gasteiger partial charge is 0.469 e. The first-order valence-corrected chi connectivity index (χ1v) is 8.78. The van der Waals surface area contributed by atoms with Crippen LogP contribution >= 0.6 is 0 Å². The molecule has 0 bridgehead atoms. The molecule has 1 saturated carbocycles. The second kappa shape index (κ2) is 7.67. The van der Waals surface area contributed by atoms with Crippen molar-refractivity contribution in [2.24, 2.45) is 0 Å². The Labute approximate surface area is 143 Å². The highest BCUT2D eigenvalue weighted by atomic mass is 16.3. The Morgan fingerprint density at radius 1 is 1.21 bits per heavy atom. The van der Waals surface area contributed by atoms with Crippen LogP contribution in [0.3, 0.4) is 0 Å². The molecule has 0 saturated heterocycles. The normalized spacial score (nSPS) is 15.6. The van der Waals surface area contributed by atoms with E-state index in [4.69, 9.17) is 4.42 Å². The summed E-state index contributed by atoms with van der Waals surface area (Å²) >= 11 is 0. The van der Waals surface area contributed by atoms with Gasteiger partial charge < -0.3 is 9.73 Å². The van der Waals surface area contributed by atoms with Crippen molar-refractivity contribution in [1.29, 1.82) is 0 Å². The number of hydrogen-bond donors (Lipinski definition) is 1. The minimum Gasteiger partial charge on any atom is -0.469 e. The Hall–Kier alpha value is -2.07. The van der Waals surface area contributed by atoms with Crippen molar-refractivity contribution in [3.05, 3.63) is 53.5 Å². The molecule has 24 heavy (non-hydrogen) atoms. The molecule has 0 unspecified atom stereocenters. The Kier molecular flexibility index (Phi) is 5.36. The van der Waals surface area contributed by atoms with Crippen LogP contribution in [0.5, 0.6) is 0 Å².